The molecule has 170 valence electrons. The Morgan fingerprint density at radius 3 is 2.74 bits per heavy atom. The molecule has 5 atom stereocenters. The Balaban J connectivity index is 1.51. The molecule has 0 bridgehead atoms. The minimum absolute atomic E-state index is 0.0408. The molecule has 9 heteroatoms. The maximum absolute atomic E-state index is 13.1. The molecule has 0 saturated heterocycles. The highest BCUT2D eigenvalue weighted by Gasteiger charge is 2.37. The minimum atomic E-state index is -2.22. The first-order chi connectivity index (χ1) is 14.8. The third kappa shape index (κ3) is 6.22. The number of aromatic carboxylic acids is 1. The molecule has 1 aromatic heterocycles. The average molecular weight is 474 g/mol. The molecule has 31 heavy (non-hydrogen) atoms. The monoisotopic (exact) mass is 473 g/mol. The number of carbonyl (C=O) groups excluding carboxylic acids is 1. The van der Waals surface area contributed by atoms with Gasteiger partial charge >= 0.3 is 12.0 Å². The number of allylic oxidation sites excluding steroid dienone is 3. The standard InChI is InChI=1S/C22H26F3NO3S2/c1-12-10-14(3-6-17(23)20(24)25)15(12)5-2-13-4-7-19(27)16(13)8-9-30-22-26-18(11-31-22)21(28)29/h2,5,11-16H,3-4,6-10H2,1H3,(H,28,29)/b5-2+/t12?,13-,14+,15?,16?/m0/s1. The first kappa shape index (κ1) is 24.0. The number of halogens is 3. The normalized spacial score (nSPS) is 28.1. The second kappa shape index (κ2) is 10.8. The Labute approximate surface area is 188 Å². The average Bonchev–Trinajstić information content (AvgIpc) is 3.32. The molecular formula is C22H26F3NO3S2. The summed E-state index contributed by atoms with van der Waals surface area (Å²) in [6.45, 7) is 2.11. The molecule has 0 amide bonds. The zero-order chi connectivity index (χ0) is 22.5. The summed E-state index contributed by atoms with van der Waals surface area (Å²) in [4.78, 5) is 27.3. The second-order valence-electron chi connectivity index (χ2n) is 8.36. The highest BCUT2D eigenvalue weighted by atomic mass is 32.2. The van der Waals surface area contributed by atoms with Crippen molar-refractivity contribution in [3.63, 3.8) is 0 Å². The van der Waals surface area contributed by atoms with Gasteiger partial charge in [0.2, 0.25) is 0 Å². The number of hydrogen-bond acceptors (Lipinski definition) is 5. The number of thiazole rings is 1. The lowest BCUT2D eigenvalue weighted by Crippen LogP contribution is -2.33. The fraction of sp³-hybridized carbons (Fsp3) is 0.591. The van der Waals surface area contributed by atoms with Crippen molar-refractivity contribution in [2.45, 2.75) is 49.8 Å². The summed E-state index contributed by atoms with van der Waals surface area (Å²) in [5, 5.41) is 10.5. The third-order valence-electron chi connectivity index (χ3n) is 6.41. The highest BCUT2D eigenvalue weighted by Crippen LogP contribution is 2.45. The Morgan fingerprint density at radius 2 is 2.10 bits per heavy atom. The molecule has 4 nitrogen and oxygen atoms in total. The fourth-order valence-electron chi connectivity index (χ4n) is 4.63. The second-order valence-corrected chi connectivity index (χ2v) is 10.6. The maximum Gasteiger partial charge on any atom is 0.355 e. The van der Waals surface area contributed by atoms with Gasteiger partial charge in [-0.1, -0.05) is 30.8 Å². The van der Waals surface area contributed by atoms with Crippen LogP contribution in [-0.4, -0.2) is 27.6 Å². The molecule has 0 spiro atoms. The molecule has 0 radical (unpaired) electrons. The summed E-state index contributed by atoms with van der Waals surface area (Å²) in [6.07, 6.45) is 5.19. The van der Waals surface area contributed by atoms with Gasteiger partial charge in [-0.05, 0) is 49.4 Å². The van der Waals surface area contributed by atoms with Crippen LogP contribution in [0.1, 0.15) is 55.9 Å². The van der Waals surface area contributed by atoms with Crippen LogP contribution in [0, 0.1) is 29.6 Å². The third-order valence-corrected chi connectivity index (χ3v) is 8.46. The molecule has 2 fully saturated rings. The summed E-state index contributed by atoms with van der Waals surface area (Å²) in [7, 11) is 0. The number of Topliss-reactive ketones (excluding diaryl/α,β-unsaturated/α-hetero) is 1. The lowest BCUT2D eigenvalue weighted by Gasteiger charge is -2.42. The molecule has 3 rings (SSSR count). The molecular weight excluding hydrogens is 447 g/mol. The van der Waals surface area contributed by atoms with Crippen molar-refractivity contribution in [2.24, 2.45) is 29.6 Å². The van der Waals surface area contributed by atoms with Crippen LogP contribution in [0.4, 0.5) is 13.2 Å². The van der Waals surface area contributed by atoms with E-state index in [4.69, 9.17) is 5.11 Å². The zero-order valence-corrected chi connectivity index (χ0v) is 18.9. The molecule has 0 aliphatic heterocycles. The van der Waals surface area contributed by atoms with Gasteiger partial charge in [0.25, 0.3) is 0 Å². The minimum Gasteiger partial charge on any atom is -0.476 e. The molecule has 2 aliphatic carbocycles. The van der Waals surface area contributed by atoms with E-state index in [1.807, 2.05) is 0 Å². The molecule has 2 saturated carbocycles. The van der Waals surface area contributed by atoms with Crippen molar-refractivity contribution < 1.29 is 27.9 Å². The van der Waals surface area contributed by atoms with E-state index in [0.29, 0.717) is 35.3 Å². The van der Waals surface area contributed by atoms with Crippen LogP contribution in [0.25, 0.3) is 0 Å². The van der Waals surface area contributed by atoms with E-state index in [9.17, 15) is 22.8 Å². The number of rotatable bonds is 10. The molecule has 1 heterocycles. The van der Waals surface area contributed by atoms with E-state index >= 15 is 0 Å². The number of carbonyl (C=O) groups is 2. The highest BCUT2D eigenvalue weighted by molar-refractivity contribution is 8.01. The molecule has 1 aromatic rings. The molecule has 2 aliphatic rings. The van der Waals surface area contributed by atoms with Crippen LogP contribution in [0.2, 0.25) is 0 Å². The Morgan fingerprint density at radius 1 is 1.32 bits per heavy atom. The molecule has 0 aromatic carbocycles. The Bertz CT molecular complexity index is 866. The summed E-state index contributed by atoms with van der Waals surface area (Å²) >= 11 is 2.76. The predicted octanol–water partition coefficient (Wildman–Crippen LogP) is 6.61. The van der Waals surface area contributed by atoms with Gasteiger partial charge in [-0.25, -0.2) is 14.2 Å². The SMILES string of the molecule is CC1C[C@@H](CCC(F)=C(F)F)C1/C=C/[C@H]1CCC(=O)C1CCSc1nc(C(=O)O)cs1. The van der Waals surface area contributed by atoms with Crippen molar-refractivity contribution in [1.29, 1.82) is 0 Å². The van der Waals surface area contributed by atoms with E-state index in [1.54, 1.807) is 0 Å². The number of thioether (sulfide) groups is 1. The van der Waals surface area contributed by atoms with E-state index in [1.165, 1.54) is 28.5 Å². The number of aromatic nitrogens is 1. The number of carboxylic acids is 1. The van der Waals surface area contributed by atoms with Crippen molar-refractivity contribution >= 4 is 34.9 Å². The van der Waals surface area contributed by atoms with E-state index in [-0.39, 0.29) is 41.6 Å². The number of hydrogen-bond donors (Lipinski definition) is 1. The number of nitrogens with zero attached hydrogens (tertiary/aromatic N) is 1. The summed E-state index contributed by atoms with van der Waals surface area (Å²) in [5.74, 6) is -0.428. The van der Waals surface area contributed by atoms with Gasteiger partial charge in [0, 0.05) is 29.9 Å². The topological polar surface area (TPSA) is 67.3 Å². The van der Waals surface area contributed by atoms with Gasteiger partial charge in [0.1, 0.15) is 5.78 Å². The van der Waals surface area contributed by atoms with Crippen LogP contribution >= 0.6 is 23.1 Å². The lowest BCUT2D eigenvalue weighted by atomic mass is 9.63. The first-order valence-corrected chi connectivity index (χ1v) is 12.3. The van der Waals surface area contributed by atoms with Crippen molar-refractivity contribution in [1.82, 2.24) is 4.98 Å². The van der Waals surface area contributed by atoms with Crippen molar-refractivity contribution in [3.8, 4) is 0 Å². The number of carboxylic acid groups (broad SMARTS) is 1. The number of ketones is 1. The van der Waals surface area contributed by atoms with Crippen LogP contribution in [0.15, 0.2) is 33.8 Å². The lowest BCUT2D eigenvalue weighted by molar-refractivity contribution is -0.121. The van der Waals surface area contributed by atoms with Gasteiger partial charge in [-0.15, -0.1) is 11.3 Å². The Kier molecular flexibility index (Phi) is 8.38. The van der Waals surface area contributed by atoms with Gasteiger partial charge in [-0.3, -0.25) is 4.79 Å². The molecule has 3 unspecified atom stereocenters. The molecule has 1 N–H and O–H groups in total. The summed E-state index contributed by atoms with van der Waals surface area (Å²) in [6, 6.07) is 0. The largest absolute Gasteiger partial charge is 0.476 e. The van der Waals surface area contributed by atoms with Gasteiger partial charge in [0.05, 0.1) is 0 Å². The van der Waals surface area contributed by atoms with E-state index < -0.39 is 17.9 Å². The van der Waals surface area contributed by atoms with Gasteiger partial charge < -0.3 is 5.11 Å². The van der Waals surface area contributed by atoms with Gasteiger partial charge in [-0.2, -0.15) is 8.78 Å². The smallest absolute Gasteiger partial charge is 0.355 e. The van der Waals surface area contributed by atoms with Crippen molar-refractivity contribution in [3.05, 3.63) is 35.1 Å². The van der Waals surface area contributed by atoms with E-state index in [0.717, 1.165) is 12.8 Å². The van der Waals surface area contributed by atoms with Crippen LogP contribution < -0.4 is 0 Å². The van der Waals surface area contributed by atoms with Crippen LogP contribution in [-0.2, 0) is 4.79 Å². The van der Waals surface area contributed by atoms with Gasteiger partial charge in [0.15, 0.2) is 15.9 Å². The first-order valence-electron chi connectivity index (χ1n) is 10.5. The predicted molar refractivity (Wildman–Crippen MR) is 115 cm³/mol. The summed E-state index contributed by atoms with van der Waals surface area (Å²) in [5.41, 5.74) is 0.0408. The maximum atomic E-state index is 13.1. The fourth-order valence-corrected chi connectivity index (χ4v) is 6.52. The van der Waals surface area contributed by atoms with Crippen LogP contribution in [0.5, 0.6) is 0 Å². The van der Waals surface area contributed by atoms with E-state index in [2.05, 4.69) is 24.1 Å². The Hall–Kier alpha value is -1.61. The summed E-state index contributed by atoms with van der Waals surface area (Å²) < 4.78 is 38.4. The van der Waals surface area contributed by atoms with Crippen LogP contribution in [0.3, 0.4) is 0 Å². The quantitative estimate of drug-likeness (QED) is 0.306. The zero-order valence-electron chi connectivity index (χ0n) is 17.2. The van der Waals surface area contributed by atoms with Crippen molar-refractivity contribution in [2.75, 3.05) is 5.75 Å².